The predicted molar refractivity (Wildman–Crippen MR) is 140 cm³/mol. The van der Waals surface area contributed by atoms with Crippen LogP contribution >= 0.6 is 0 Å². The Morgan fingerprint density at radius 1 is 1.14 bits per heavy atom. The lowest BCUT2D eigenvalue weighted by atomic mass is 10.1. The fourth-order valence-corrected chi connectivity index (χ4v) is 3.88. The van der Waals surface area contributed by atoms with Crippen LogP contribution in [0.3, 0.4) is 0 Å². The first kappa shape index (κ1) is 25.2. The number of hydrogen-bond donors (Lipinski definition) is 1. The number of benzene rings is 2. The van der Waals surface area contributed by atoms with Gasteiger partial charge in [-0.2, -0.15) is 5.26 Å². The van der Waals surface area contributed by atoms with Crippen molar-refractivity contribution in [3.63, 3.8) is 0 Å². The number of likely N-dealkylation sites (N-methyl/N-ethyl adjacent to an activating group) is 1. The van der Waals surface area contributed by atoms with E-state index in [9.17, 15) is 14.9 Å². The van der Waals surface area contributed by atoms with E-state index in [4.69, 9.17) is 10.5 Å². The summed E-state index contributed by atoms with van der Waals surface area (Å²) in [6, 6.07) is 18.3. The van der Waals surface area contributed by atoms with Crippen LogP contribution in [0, 0.1) is 17.2 Å². The number of anilines is 1. The molecule has 10 nitrogen and oxygen atoms in total. The van der Waals surface area contributed by atoms with E-state index < -0.39 is 5.91 Å². The molecule has 0 fully saturated rings. The number of carbonyl (C=O) groups is 1. The molecule has 1 amide bonds. The van der Waals surface area contributed by atoms with Gasteiger partial charge in [-0.1, -0.05) is 38.1 Å². The third-order valence-electron chi connectivity index (χ3n) is 5.66. The Balaban J connectivity index is 1.64. The molecule has 0 aliphatic heterocycles. The van der Waals surface area contributed by atoms with Gasteiger partial charge in [-0.3, -0.25) is 13.9 Å². The summed E-state index contributed by atoms with van der Waals surface area (Å²) in [4.78, 5) is 36.0. The molecule has 2 aromatic heterocycles. The van der Waals surface area contributed by atoms with Crippen LogP contribution in [0.25, 0.3) is 16.9 Å². The molecular weight excluding hydrogens is 470 g/mol. The van der Waals surface area contributed by atoms with Gasteiger partial charge < -0.3 is 15.4 Å². The van der Waals surface area contributed by atoms with E-state index in [0.717, 1.165) is 0 Å². The maximum Gasteiger partial charge on any atom is 0.335 e. The number of ether oxygens (including phenoxy) is 1. The molecule has 188 valence electrons. The summed E-state index contributed by atoms with van der Waals surface area (Å²) in [5.74, 6) is 1.11. The summed E-state index contributed by atoms with van der Waals surface area (Å²) in [6.07, 6.45) is 2.92. The lowest BCUT2D eigenvalue weighted by molar-refractivity contribution is -0.125. The van der Waals surface area contributed by atoms with Gasteiger partial charge in [0.15, 0.2) is 11.5 Å². The van der Waals surface area contributed by atoms with Gasteiger partial charge in [0, 0.05) is 20.1 Å². The number of nitriles is 1. The van der Waals surface area contributed by atoms with Crippen molar-refractivity contribution in [1.82, 2.24) is 24.0 Å². The number of hydrogen-bond acceptors (Lipinski definition) is 7. The number of imidazole rings is 1. The fraction of sp³-hybridized carbons (Fsp3) is 0.222. The maximum atomic E-state index is 13.5. The molecule has 0 saturated carbocycles. The Kier molecular flexibility index (Phi) is 7.34. The number of fused-ring (bicyclic) bond motifs is 1. The van der Waals surface area contributed by atoms with E-state index in [0.29, 0.717) is 28.4 Å². The van der Waals surface area contributed by atoms with E-state index in [1.54, 1.807) is 37.4 Å². The summed E-state index contributed by atoms with van der Waals surface area (Å²) < 4.78 is 8.74. The highest BCUT2D eigenvalue weighted by molar-refractivity contribution is 5.97. The zero-order valence-electron chi connectivity index (χ0n) is 20.8. The SMILES string of the molecule is CC(C)C=C(C#N)C(=O)N(C)CCn1c(=O)n(-c2ccc(Oc3ccccc3)cc2)c2c(N)ncnc21. The molecule has 0 aliphatic carbocycles. The van der Waals surface area contributed by atoms with Crippen molar-refractivity contribution in [2.45, 2.75) is 20.4 Å². The second-order valence-corrected chi connectivity index (χ2v) is 8.77. The van der Waals surface area contributed by atoms with Gasteiger partial charge in [-0.15, -0.1) is 0 Å². The smallest absolute Gasteiger partial charge is 0.335 e. The normalized spacial score (nSPS) is 11.5. The maximum absolute atomic E-state index is 13.5. The Morgan fingerprint density at radius 3 is 2.46 bits per heavy atom. The molecule has 2 aromatic carbocycles. The van der Waals surface area contributed by atoms with Crippen molar-refractivity contribution in [2.24, 2.45) is 5.92 Å². The number of allylic oxidation sites excluding steroid dienone is 1. The van der Waals surface area contributed by atoms with E-state index in [2.05, 4.69) is 9.97 Å². The molecule has 0 atom stereocenters. The molecule has 4 rings (SSSR count). The van der Waals surface area contributed by atoms with Gasteiger partial charge >= 0.3 is 5.69 Å². The summed E-state index contributed by atoms with van der Waals surface area (Å²) in [7, 11) is 1.59. The molecule has 2 heterocycles. The molecule has 0 aliphatic rings. The number of rotatable bonds is 8. The summed E-state index contributed by atoms with van der Waals surface area (Å²) in [5, 5.41) is 9.36. The van der Waals surface area contributed by atoms with E-state index in [1.807, 2.05) is 50.2 Å². The van der Waals surface area contributed by atoms with Crippen LogP contribution in [-0.4, -0.2) is 43.5 Å². The summed E-state index contributed by atoms with van der Waals surface area (Å²) in [5.41, 5.74) is 7.13. The quantitative estimate of drug-likeness (QED) is 0.291. The zero-order chi connectivity index (χ0) is 26.5. The Labute approximate surface area is 213 Å². The lowest BCUT2D eigenvalue weighted by Gasteiger charge is -2.17. The number of amides is 1. The first-order chi connectivity index (χ1) is 17.8. The van der Waals surface area contributed by atoms with Crippen molar-refractivity contribution in [3.8, 4) is 23.3 Å². The molecule has 10 heteroatoms. The van der Waals surface area contributed by atoms with Gasteiger partial charge in [-0.25, -0.2) is 14.8 Å². The van der Waals surface area contributed by atoms with Crippen molar-refractivity contribution < 1.29 is 9.53 Å². The zero-order valence-corrected chi connectivity index (χ0v) is 20.8. The minimum absolute atomic E-state index is 0.0525. The molecule has 4 aromatic rings. The average molecular weight is 498 g/mol. The number of carbonyl (C=O) groups excluding carboxylic acids is 1. The van der Waals surface area contributed by atoms with E-state index in [-0.39, 0.29) is 36.1 Å². The minimum atomic E-state index is -0.406. The van der Waals surface area contributed by atoms with E-state index >= 15 is 0 Å². The molecule has 0 spiro atoms. The highest BCUT2D eigenvalue weighted by atomic mass is 16.5. The highest BCUT2D eigenvalue weighted by Gasteiger charge is 2.21. The van der Waals surface area contributed by atoms with Gasteiger partial charge in [0.25, 0.3) is 5.91 Å². The van der Waals surface area contributed by atoms with Crippen LogP contribution < -0.4 is 16.2 Å². The number of para-hydroxylation sites is 1. The van der Waals surface area contributed by atoms with Gasteiger partial charge in [0.1, 0.15) is 35.0 Å². The van der Waals surface area contributed by atoms with Crippen LogP contribution in [0.4, 0.5) is 5.82 Å². The van der Waals surface area contributed by atoms with Crippen LogP contribution in [-0.2, 0) is 11.3 Å². The third-order valence-corrected chi connectivity index (χ3v) is 5.66. The molecule has 0 saturated heterocycles. The summed E-state index contributed by atoms with van der Waals surface area (Å²) in [6.45, 7) is 4.12. The third kappa shape index (κ3) is 5.36. The topological polar surface area (TPSA) is 132 Å². The van der Waals surface area contributed by atoms with Gasteiger partial charge in [0.05, 0.1) is 5.69 Å². The van der Waals surface area contributed by atoms with Gasteiger partial charge in [0.2, 0.25) is 0 Å². The first-order valence-electron chi connectivity index (χ1n) is 11.7. The number of nitrogens with zero attached hydrogens (tertiary/aromatic N) is 6. The molecule has 0 radical (unpaired) electrons. The Bertz CT molecular complexity index is 1550. The Hall–Kier alpha value is -4.91. The van der Waals surface area contributed by atoms with Crippen molar-refractivity contribution in [3.05, 3.63) is 83.1 Å². The van der Waals surface area contributed by atoms with Crippen molar-refractivity contribution in [2.75, 3.05) is 19.3 Å². The molecule has 2 N–H and O–H groups in total. The second-order valence-electron chi connectivity index (χ2n) is 8.77. The monoisotopic (exact) mass is 497 g/mol. The largest absolute Gasteiger partial charge is 0.457 e. The van der Waals surface area contributed by atoms with Gasteiger partial charge in [-0.05, 0) is 42.3 Å². The molecular formula is C27H27N7O3. The minimum Gasteiger partial charge on any atom is -0.457 e. The average Bonchev–Trinajstić information content (AvgIpc) is 3.18. The second kappa shape index (κ2) is 10.8. The number of nitrogen functional groups attached to an aromatic ring is 1. The first-order valence-corrected chi connectivity index (χ1v) is 11.7. The van der Waals surface area contributed by atoms with Crippen molar-refractivity contribution in [1.29, 1.82) is 5.26 Å². The standard InChI is InChI=1S/C27H27N7O3/c1-18(2)15-19(16-28)26(35)32(3)13-14-33-25-23(24(29)30-17-31-25)34(27(33)36)20-9-11-22(12-10-20)37-21-7-5-4-6-8-21/h4-12,15,17-18H,13-14H2,1-3H3,(H2,29,30,31). The highest BCUT2D eigenvalue weighted by Crippen LogP contribution is 2.25. The number of nitrogens with two attached hydrogens (primary N) is 1. The predicted octanol–water partition coefficient (Wildman–Crippen LogP) is 3.52. The molecule has 37 heavy (non-hydrogen) atoms. The fourth-order valence-electron chi connectivity index (χ4n) is 3.88. The molecule has 0 unspecified atom stereocenters. The van der Waals surface area contributed by atoms with E-state index in [1.165, 1.54) is 20.4 Å². The lowest BCUT2D eigenvalue weighted by Crippen LogP contribution is -2.34. The Morgan fingerprint density at radius 2 is 1.81 bits per heavy atom. The van der Waals surface area contributed by atoms with Crippen LogP contribution in [0.5, 0.6) is 11.5 Å². The molecule has 0 bridgehead atoms. The van der Waals surface area contributed by atoms with Crippen LogP contribution in [0.15, 0.2) is 77.4 Å². The summed E-state index contributed by atoms with van der Waals surface area (Å²) >= 11 is 0. The van der Waals surface area contributed by atoms with Crippen molar-refractivity contribution >= 4 is 22.9 Å². The van der Waals surface area contributed by atoms with Crippen LogP contribution in [0.2, 0.25) is 0 Å². The van der Waals surface area contributed by atoms with Crippen LogP contribution in [0.1, 0.15) is 13.8 Å². The number of aromatic nitrogens is 4.